The molecule has 0 aliphatic rings. The molecule has 2 atom stereocenters. The Bertz CT molecular complexity index is 643. The predicted octanol–water partition coefficient (Wildman–Crippen LogP) is 4.26. The molecule has 0 fully saturated rings. The molecule has 2 nitrogen and oxygen atoms in total. The topological polar surface area (TPSA) is 29.1 Å². The SMILES string of the molecule is Cc1ccc([C@@H](C)N[S@@](=O)C(C)(C)C)c2ccccc12. The van der Waals surface area contributed by atoms with Gasteiger partial charge >= 0.3 is 0 Å². The Hall–Kier alpha value is -1.19. The van der Waals surface area contributed by atoms with Gasteiger partial charge in [0.05, 0.1) is 15.7 Å². The van der Waals surface area contributed by atoms with Gasteiger partial charge in [-0.1, -0.05) is 36.4 Å². The lowest BCUT2D eigenvalue weighted by atomic mass is 9.97. The highest BCUT2D eigenvalue weighted by atomic mass is 32.2. The van der Waals surface area contributed by atoms with E-state index in [9.17, 15) is 4.21 Å². The summed E-state index contributed by atoms with van der Waals surface area (Å²) in [6.07, 6.45) is 0. The fraction of sp³-hybridized carbons (Fsp3) is 0.412. The molecule has 0 spiro atoms. The van der Waals surface area contributed by atoms with E-state index in [-0.39, 0.29) is 10.8 Å². The molecular weight excluding hydrogens is 266 g/mol. The van der Waals surface area contributed by atoms with E-state index in [4.69, 9.17) is 0 Å². The van der Waals surface area contributed by atoms with E-state index in [1.54, 1.807) is 0 Å². The van der Waals surface area contributed by atoms with Crippen LogP contribution in [0, 0.1) is 6.92 Å². The average molecular weight is 289 g/mol. The van der Waals surface area contributed by atoms with Gasteiger partial charge in [-0.3, -0.25) is 0 Å². The first kappa shape index (κ1) is 15.2. The van der Waals surface area contributed by atoms with Crippen LogP contribution in [0.1, 0.15) is 44.9 Å². The molecule has 3 heteroatoms. The van der Waals surface area contributed by atoms with Crippen molar-refractivity contribution in [2.45, 2.75) is 45.4 Å². The second-order valence-corrected chi connectivity index (χ2v) is 8.24. The van der Waals surface area contributed by atoms with Gasteiger partial charge in [0.25, 0.3) is 0 Å². The summed E-state index contributed by atoms with van der Waals surface area (Å²) in [5.41, 5.74) is 2.47. The third kappa shape index (κ3) is 3.10. The smallest absolute Gasteiger partial charge is 0.0975 e. The van der Waals surface area contributed by atoms with Crippen molar-refractivity contribution in [2.24, 2.45) is 0 Å². The monoisotopic (exact) mass is 289 g/mol. The quantitative estimate of drug-likeness (QED) is 0.898. The van der Waals surface area contributed by atoms with Crippen LogP contribution in [0.4, 0.5) is 0 Å². The van der Waals surface area contributed by atoms with Gasteiger partial charge in [-0.2, -0.15) is 0 Å². The van der Waals surface area contributed by atoms with Crippen LogP contribution >= 0.6 is 0 Å². The summed E-state index contributed by atoms with van der Waals surface area (Å²) < 4.78 is 15.2. The summed E-state index contributed by atoms with van der Waals surface area (Å²) in [5.74, 6) is 0. The van der Waals surface area contributed by atoms with Crippen molar-refractivity contribution in [3.8, 4) is 0 Å². The number of hydrogen-bond acceptors (Lipinski definition) is 1. The predicted molar refractivity (Wildman–Crippen MR) is 88.1 cm³/mol. The number of hydrogen-bond donors (Lipinski definition) is 1. The minimum Gasteiger partial charge on any atom is -0.242 e. The van der Waals surface area contributed by atoms with Crippen LogP contribution in [0.5, 0.6) is 0 Å². The Morgan fingerprint density at radius 3 is 2.25 bits per heavy atom. The summed E-state index contributed by atoms with van der Waals surface area (Å²) in [4.78, 5) is 0. The fourth-order valence-corrected chi connectivity index (χ4v) is 3.05. The largest absolute Gasteiger partial charge is 0.242 e. The van der Waals surface area contributed by atoms with Crippen molar-refractivity contribution in [3.63, 3.8) is 0 Å². The molecule has 0 aromatic heterocycles. The molecule has 0 bridgehead atoms. The molecular formula is C17H23NOS. The molecule has 0 aliphatic carbocycles. The lowest BCUT2D eigenvalue weighted by molar-refractivity contribution is 0.617. The van der Waals surface area contributed by atoms with E-state index in [0.29, 0.717) is 0 Å². The molecule has 1 N–H and O–H groups in total. The van der Waals surface area contributed by atoms with Gasteiger partial charge in [0, 0.05) is 6.04 Å². The molecule has 0 saturated heterocycles. The molecule has 0 radical (unpaired) electrons. The van der Waals surface area contributed by atoms with Crippen molar-refractivity contribution in [2.75, 3.05) is 0 Å². The summed E-state index contributed by atoms with van der Waals surface area (Å²) in [6, 6.07) is 12.7. The van der Waals surface area contributed by atoms with Gasteiger partial charge < -0.3 is 0 Å². The van der Waals surface area contributed by atoms with Crippen molar-refractivity contribution in [1.82, 2.24) is 4.72 Å². The number of fused-ring (bicyclic) bond motifs is 1. The lowest BCUT2D eigenvalue weighted by Gasteiger charge is -2.23. The Morgan fingerprint density at radius 2 is 1.65 bits per heavy atom. The molecule has 108 valence electrons. The zero-order valence-corrected chi connectivity index (χ0v) is 13.7. The normalized spacial score (nSPS) is 15.2. The number of benzene rings is 2. The maximum Gasteiger partial charge on any atom is 0.0975 e. The summed E-state index contributed by atoms with van der Waals surface area (Å²) in [5, 5.41) is 2.50. The molecule has 2 aromatic carbocycles. The van der Waals surface area contributed by atoms with Crippen LogP contribution < -0.4 is 4.72 Å². The van der Waals surface area contributed by atoms with Gasteiger partial charge in [-0.15, -0.1) is 0 Å². The van der Waals surface area contributed by atoms with E-state index < -0.39 is 11.0 Å². The molecule has 0 amide bonds. The summed E-state index contributed by atoms with van der Waals surface area (Å²) >= 11 is 0. The van der Waals surface area contributed by atoms with Crippen molar-refractivity contribution in [3.05, 3.63) is 47.5 Å². The van der Waals surface area contributed by atoms with Gasteiger partial charge in [0.15, 0.2) is 0 Å². The standard InChI is InChI=1S/C17H23NOS/c1-12-10-11-15(16-9-7-6-8-14(12)16)13(2)18-20(19)17(3,4)5/h6-11,13,18H,1-5H3/t13-,20+/m1/s1. The molecule has 0 saturated carbocycles. The second-order valence-electron chi connectivity index (χ2n) is 6.24. The lowest BCUT2D eigenvalue weighted by Crippen LogP contribution is -2.34. The third-order valence-corrected chi connectivity index (χ3v) is 5.16. The van der Waals surface area contributed by atoms with Crippen LogP contribution in [0.25, 0.3) is 10.8 Å². The molecule has 0 heterocycles. The molecule has 20 heavy (non-hydrogen) atoms. The minimum atomic E-state index is -1.07. The van der Waals surface area contributed by atoms with E-state index in [2.05, 4.69) is 55.0 Å². The van der Waals surface area contributed by atoms with Gasteiger partial charge in [0.2, 0.25) is 0 Å². The molecule has 0 aliphatic heterocycles. The second kappa shape index (κ2) is 5.66. The van der Waals surface area contributed by atoms with E-state index >= 15 is 0 Å². The molecule has 2 rings (SSSR count). The molecule has 0 unspecified atom stereocenters. The van der Waals surface area contributed by atoms with E-state index in [0.717, 1.165) is 0 Å². The Kier molecular flexibility index (Phi) is 4.31. The molecule has 2 aromatic rings. The highest BCUT2D eigenvalue weighted by Gasteiger charge is 2.22. The fourth-order valence-electron chi connectivity index (χ4n) is 2.25. The van der Waals surface area contributed by atoms with Crippen LogP contribution in [0.3, 0.4) is 0 Å². The van der Waals surface area contributed by atoms with Crippen LogP contribution in [0.2, 0.25) is 0 Å². The number of rotatable bonds is 3. The van der Waals surface area contributed by atoms with Crippen LogP contribution in [-0.2, 0) is 11.0 Å². The first-order chi connectivity index (χ1) is 9.30. The zero-order valence-electron chi connectivity index (χ0n) is 12.9. The summed E-state index contributed by atoms with van der Waals surface area (Å²) in [6.45, 7) is 10.1. The summed E-state index contributed by atoms with van der Waals surface area (Å²) in [7, 11) is -1.07. The zero-order chi connectivity index (χ0) is 14.9. The highest BCUT2D eigenvalue weighted by molar-refractivity contribution is 7.84. The maximum atomic E-state index is 12.3. The third-order valence-electron chi connectivity index (χ3n) is 3.48. The van der Waals surface area contributed by atoms with Crippen LogP contribution in [-0.4, -0.2) is 8.96 Å². The Balaban J connectivity index is 2.38. The van der Waals surface area contributed by atoms with Gasteiger partial charge in [-0.05, 0) is 56.5 Å². The number of nitrogens with one attached hydrogen (secondary N) is 1. The van der Waals surface area contributed by atoms with Crippen molar-refractivity contribution < 1.29 is 4.21 Å². The Labute approximate surface area is 124 Å². The van der Waals surface area contributed by atoms with Crippen molar-refractivity contribution in [1.29, 1.82) is 0 Å². The van der Waals surface area contributed by atoms with Gasteiger partial charge in [0.1, 0.15) is 0 Å². The average Bonchev–Trinajstić information content (AvgIpc) is 2.38. The van der Waals surface area contributed by atoms with E-state index in [1.165, 1.54) is 21.9 Å². The van der Waals surface area contributed by atoms with E-state index in [1.807, 2.05) is 20.8 Å². The minimum absolute atomic E-state index is 0.0561. The number of aryl methyl sites for hydroxylation is 1. The Morgan fingerprint density at radius 1 is 1.05 bits per heavy atom. The van der Waals surface area contributed by atoms with Gasteiger partial charge in [-0.25, -0.2) is 8.93 Å². The van der Waals surface area contributed by atoms with Crippen molar-refractivity contribution >= 4 is 21.8 Å². The maximum absolute atomic E-state index is 12.3. The first-order valence-corrected chi connectivity index (χ1v) is 8.12. The highest BCUT2D eigenvalue weighted by Crippen LogP contribution is 2.27. The first-order valence-electron chi connectivity index (χ1n) is 6.97. The van der Waals surface area contributed by atoms with Crippen LogP contribution in [0.15, 0.2) is 36.4 Å².